The van der Waals surface area contributed by atoms with Gasteiger partial charge in [-0.3, -0.25) is 14.5 Å². The number of carbonyl (C=O) groups excluding carboxylic acids is 2. The molecule has 1 fully saturated rings. The van der Waals surface area contributed by atoms with Crippen LogP contribution in [0.15, 0.2) is 72.3 Å². The van der Waals surface area contributed by atoms with Gasteiger partial charge in [-0.05, 0) is 59.7 Å². The lowest BCUT2D eigenvalue weighted by molar-refractivity contribution is -0.130. The minimum Gasteiger partial charge on any atom is -0.497 e. The SMILES string of the molecule is COc1ccc(C(=O)/C(Cc2ccc(C(=O)NCCN3CCOCC3)cc2)=C(\C(=O)O)c2ccc3c(c2)OCO3)cc1. The summed E-state index contributed by atoms with van der Waals surface area (Å²) in [5.41, 5.74) is 1.74. The van der Waals surface area contributed by atoms with Crippen molar-refractivity contribution in [1.29, 1.82) is 0 Å². The Kier molecular flexibility index (Phi) is 9.15. The molecule has 218 valence electrons. The van der Waals surface area contributed by atoms with Crippen LogP contribution < -0.4 is 19.5 Å². The van der Waals surface area contributed by atoms with Crippen LogP contribution in [0.3, 0.4) is 0 Å². The molecule has 0 spiro atoms. The summed E-state index contributed by atoms with van der Waals surface area (Å²) >= 11 is 0. The second-order valence-corrected chi connectivity index (χ2v) is 9.87. The summed E-state index contributed by atoms with van der Waals surface area (Å²) in [7, 11) is 1.53. The second-order valence-electron chi connectivity index (χ2n) is 9.87. The maximum Gasteiger partial charge on any atom is 0.336 e. The van der Waals surface area contributed by atoms with Gasteiger partial charge in [-0.25, -0.2) is 4.79 Å². The number of carboxylic acid groups (broad SMARTS) is 1. The maximum atomic E-state index is 13.8. The third-order valence-electron chi connectivity index (χ3n) is 7.22. The van der Waals surface area contributed by atoms with Gasteiger partial charge in [-0.2, -0.15) is 0 Å². The number of ether oxygens (including phenoxy) is 4. The fourth-order valence-electron chi connectivity index (χ4n) is 4.91. The van der Waals surface area contributed by atoms with Crippen LogP contribution in [0.25, 0.3) is 5.57 Å². The number of Topliss-reactive ketones (excluding diaryl/α,β-unsaturated/α-hetero) is 1. The van der Waals surface area contributed by atoms with Crippen LogP contribution in [-0.4, -0.2) is 81.0 Å². The summed E-state index contributed by atoms with van der Waals surface area (Å²) in [6, 6.07) is 18.1. The lowest BCUT2D eigenvalue weighted by Gasteiger charge is -2.26. The fourth-order valence-corrected chi connectivity index (χ4v) is 4.91. The normalized spacial score (nSPS) is 15.1. The Balaban J connectivity index is 1.40. The van der Waals surface area contributed by atoms with Crippen LogP contribution in [0.5, 0.6) is 17.2 Å². The number of hydrogen-bond acceptors (Lipinski definition) is 8. The number of ketones is 1. The third-order valence-corrected chi connectivity index (χ3v) is 7.22. The molecule has 2 N–H and O–H groups in total. The smallest absolute Gasteiger partial charge is 0.336 e. The first-order valence-electron chi connectivity index (χ1n) is 13.7. The van der Waals surface area contributed by atoms with Crippen LogP contribution in [0.1, 0.15) is 31.8 Å². The first kappa shape index (κ1) is 28.8. The van der Waals surface area contributed by atoms with Gasteiger partial charge in [0, 0.05) is 49.3 Å². The Morgan fingerprint density at radius 1 is 0.881 bits per heavy atom. The molecule has 0 radical (unpaired) electrons. The summed E-state index contributed by atoms with van der Waals surface area (Å²) in [6.07, 6.45) is 0.0276. The van der Waals surface area contributed by atoms with Gasteiger partial charge in [0.05, 0.1) is 25.9 Å². The molecule has 42 heavy (non-hydrogen) atoms. The molecule has 2 aliphatic heterocycles. The number of nitrogens with one attached hydrogen (secondary N) is 1. The number of amides is 1. The molecule has 1 amide bonds. The van der Waals surface area contributed by atoms with Crippen molar-refractivity contribution in [1.82, 2.24) is 10.2 Å². The number of nitrogens with zero attached hydrogens (tertiary/aromatic N) is 1. The highest BCUT2D eigenvalue weighted by Gasteiger charge is 2.26. The standard InChI is InChI=1S/C32H32N2O8/c1-39-25-9-6-22(7-10-25)30(35)26(29(32(37)38)24-8-11-27-28(19-24)42-20-41-27)18-21-2-4-23(5-3-21)31(36)33-12-13-34-14-16-40-17-15-34/h2-11,19H,12-18,20H2,1H3,(H,33,36)(H,37,38)/b29-26-. The van der Waals surface area contributed by atoms with Gasteiger partial charge in [-0.1, -0.05) is 18.2 Å². The molecule has 5 rings (SSSR count). The van der Waals surface area contributed by atoms with Gasteiger partial charge in [0.15, 0.2) is 17.3 Å². The Hall–Kier alpha value is -4.67. The second kappa shape index (κ2) is 13.3. The van der Waals surface area contributed by atoms with Crippen LogP contribution in [0.2, 0.25) is 0 Å². The number of carboxylic acids is 1. The Morgan fingerprint density at radius 3 is 2.24 bits per heavy atom. The Bertz CT molecular complexity index is 1480. The fraction of sp³-hybridized carbons (Fsp3) is 0.281. The van der Waals surface area contributed by atoms with E-state index in [9.17, 15) is 19.5 Å². The molecule has 0 aromatic heterocycles. The minimum absolute atomic E-state index is 0.0276. The van der Waals surface area contributed by atoms with Crippen molar-refractivity contribution in [3.63, 3.8) is 0 Å². The predicted molar refractivity (Wildman–Crippen MR) is 154 cm³/mol. The first-order chi connectivity index (χ1) is 20.4. The summed E-state index contributed by atoms with van der Waals surface area (Å²) in [6.45, 7) is 4.39. The molecule has 10 heteroatoms. The van der Waals surface area contributed by atoms with Crippen molar-refractivity contribution in [3.8, 4) is 17.2 Å². The number of rotatable bonds is 11. The molecular weight excluding hydrogens is 540 g/mol. The number of aliphatic carboxylic acids is 1. The van der Waals surface area contributed by atoms with Gasteiger partial charge in [0.25, 0.3) is 5.91 Å². The van der Waals surface area contributed by atoms with E-state index in [1.165, 1.54) is 7.11 Å². The molecule has 0 bridgehead atoms. The van der Waals surface area contributed by atoms with Gasteiger partial charge < -0.3 is 29.4 Å². The van der Waals surface area contributed by atoms with Crippen LogP contribution in [0, 0.1) is 0 Å². The van der Waals surface area contributed by atoms with Crippen molar-refractivity contribution in [2.45, 2.75) is 6.42 Å². The zero-order valence-electron chi connectivity index (χ0n) is 23.3. The third kappa shape index (κ3) is 6.79. The van der Waals surface area contributed by atoms with Crippen LogP contribution in [-0.2, 0) is 16.0 Å². The summed E-state index contributed by atoms with van der Waals surface area (Å²) < 4.78 is 21.4. The number of methoxy groups -OCH3 is 1. The number of carbonyl (C=O) groups is 3. The van der Waals surface area contributed by atoms with Crippen molar-refractivity contribution in [2.75, 3.05) is 53.3 Å². The van der Waals surface area contributed by atoms with E-state index >= 15 is 0 Å². The largest absolute Gasteiger partial charge is 0.497 e. The molecular formula is C32H32N2O8. The molecule has 10 nitrogen and oxygen atoms in total. The molecule has 2 aliphatic rings. The molecule has 0 unspecified atom stereocenters. The molecule has 3 aromatic rings. The molecule has 0 aliphatic carbocycles. The first-order valence-corrected chi connectivity index (χ1v) is 13.7. The Morgan fingerprint density at radius 2 is 1.55 bits per heavy atom. The zero-order chi connectivity index (χ0) is 29.5. The van der Waals surface area contributed by atoms with Gasteiger partial charge in [0.1, 0.15) is 5.75 Å². The highest BCUT2D eigenvalue weighted by molar-refractivity contribution is 6.26. The van der Waals surface area contributed by atoms with E-state index in [0.29, 0.717) is 59.3 Å². The molecule has 1 saturated heterocycles. The van der Waals surface area contributed by atoms with Crippen LogP contribution in [0.4, 0.5) is 0 Å². The summed E-state index contributed by atoms with van der Waals surface area (Å²) in [5.74, 6) is -0.395. The monoisotopic (exact) mass is 572 g/mol. The average molecular weight is 573 g/mol. The van der Waals surface area contributed by atoms with Gasteiger partial charge in [0.2, 0.25) is 6.79 Å². The molecule has 3 aromatic carbocycles. The number of allylic oxidation sites excluding steroid dienone is 1. The Labute approximate surface area is 243 Å². The van der Waals surface area contributed by atoms with Crippen molar-refractivity contribution < 1.29 is 38.4 Å². The topological polar surface area (TPSA) is 124 Å². The molecule has 0 saturated carbocycles. The minimum atomic E-state index is -1.25. The number of benzene rings is 3. The number of morpholine rings is 1. The van der Waals surface area contributed by atoms with E-state index in [1.54, 1.807) is 66.7 Å². The highest BCUT2D eigenvalue weighted by atomic mass is 16.7. The lowest BCUT2D eigenvalue weighted by Crippen LogP contribution is -2.41. The quantitative estimate of drug-likeness (QED) is 0.263. The van der Waals surface area contributed by atoms with E-state index in [4.69, 9.17) is 18.9 Å². The predicted octanol–water partition coefficient (Wildman–Crippen LogP) is 3.45. The van der Waals surface area contributed by atoms with E-state index in [-0.39, 0.29) is 30.3 Å². The van der Waals surface area contributed by atoms with E-state index < -0.39 is 11.8 Å². The maximum absolute atomic E-state index is 13.8. The van der Waals surface area contributed by atoms with Gasteiger partial charge in [-0.15, -0.1) is 0 Å². The molecule has 0 atom stereocenters. The number of hydrogen-bond donors (Lipinski definition) is 2. The zero-order valence-corrected chi connectivity index (χ0v) is 23.3. The van der Waals surface area contributed by atoms with Crippen LogP contribution >= 0.6 is 0 Å². The van der Waals surface area contributed by atoms with E-state index in [2.05, 4.69) is 10.2 Å². The summed E-state index contributed by atoms with van der Waals surface area (Å²) in [5, 5.41) is 13.3. The van der Waals surface area contributed by atoms with E-state index in [0.717, 1.165) is 19.6 Å². The number of fused-ring (bicyclic) bond motifs is 1. The van der Waals surface area contributed by atoms with Crippen molar-refractivity contribution >= 4 is 23.2 Å². The average Bonchev–Trinajstić information content (AvgIpc) is 3.49. The molecule has 2 heterocycles. The summed E-state index contributed by atoms with van der Waals surface area (Å²) in [4.78, 5) is 41.4. The van der Waals surface area contributed by atoms with E-state index in [1.807, 2.05) is 0 Å². The van der Waals surface area contributed by atoms with Crippen molar-refractivity contribution in [3.05, 3.63) is 94.6 Å². The highest BCUT2D eigenvalue weighted by Crippen LogP contribution is 2.36. The van der Waals surface area contributed by atoms with Gasteiger partial charge >= 0.3 is 5.97 Å². The van der Waals surface area contributed by atoms with Crippen molar-refractivity contribution in [2.24, 2.45) is 0 Å². The lowest BCUT2D eigenvalue weighted by atomic mass is 9.89.